The largest absolute Gasteiger partial charge is 0.504 e. The lowest BCUT2D eigenvalue weighted by Crippen LogP contribution is -2.76. The summed E-state index contributed by atoms with van der Waals surface area (Å²) in [7, 11) is 2.17. The highest BCUT2D eigenvalue weighted by atomic mass is 16.5. The molecule has 1 saturated heterocycles. The van der Waals surface area contributed by atoms with Gasteiger partial charge in [-0.25, -0.2) is 0 Å². The first-order valence-corrected chi connectivity index (χ1v) is 10.5. The molecule has 0 amide bonds. The van der Waals surface area contributed by atoms with Gasteiger partial charge in [-0.05, 0) is 50.0 Å². The van der Waals surface area contributed by atoms with Crippen LogP contribution in [-0.2, 0) is 28.0 Å². The fourth-order valence-electron chi connectivity index (χ4n) is 6.59. The molecule has 2 aromatic carbocycles. The van der Waals surface area contributed by atoms with Crippen molar-refractivity contribution in [1.82, 2.24) is 4.90 Å². The second-order valence-electron chi connectivity index (χ2n) is 9.00. The van der Waals surface area contributed by atoms with Gasteiger partial charge in [-0.3, -0.25) is 4.79 Å². The molecule has 0 aromatic heterocycles. The van der Waals surface area contributed by atoms with E-state index in [0.29, 0.717) is 25.2 Å². The maximum absolute atomic E-state index is 13.1. The number of hydrogen-bond acceptors (Lipinski definition) is 5. The van der Waals surface area contributed by atoms with Crippen molar-refractivity contribution < 1.29 is 19.4 Å². The summed E-state index contributed by atoms with van der Waals surface area (Å²) in [6.07, 6.45) is 2.23. The Hall–Kier alpha value is -2.37. The number of Topliss-reactive ketones (excluding diaryl/α,β-unsaturated/α-hetero) is 1. The summed E-state index contributed by atoms with van der Waals surface area (Å²) >= 11 is 0. The van der Waals surface area contributed by atoms with E-state index in [0.717, 1.165) is 30.5 Å². The third-order valence-corrected chi connectivity index (χ3v) is 7.82. The zero-order valence-electron chi connectivity index (χ0n) is 16.6. The van der Waals surface area contributed by atoms with E-state index < -0.39 is 17.1 Å². The molecule has 2 unspecified atom stereocenters. The maximum atomic E-state index is 13.1. The molecule has 2 heterocycles. The van der Waals surface area contributed by atoms with Gasteiger partial charge in [0.1, 0.15) is 0 Å². The van der Waals surface area contributed by atoms with Gasteiger partial charge in [-0.15, -0.1) is 0 Å². The molecule has 2 aliphatic carbocycles. The maximum Gasteiger partial charge on any atom is 0.174 e. The van der Waals surface area contributed by atoms with Crippen molar-refractivity contribution in [2.45, 2.75) is 55.5 Å². The highest BCUT2D eigenvalue weighted by molar-refractivity contribution is 5.90. The molecule has 2 aromatic rings. The molecule has 150 valence electrons. The first kappa shape index (κ1) is 17.5. The van der Waals surface area contributed by atoms with Crippen LogP contribution in [0.2, 0.25) is 0 Å². The topological polar surface area (TPSA) is 59.0 Å². The Kier molecular flexibility index (Phi) is 3.52. The SMILES string of the molecule is CN1CC[C@]23c4c5ccc(O)c4O[C@H]2C(=O)CCC3(OCc2ccccc2)C1C5. The van der Waals surface area contributed by atoms with Crippen molar-refractivity contribution in [3.63, 3.8) is 0 Å². The van der Waals surface area contributed by atoms with Gasteiger partial charge in [-0.2, -0.15) is 0 Å². The number of aromatic hydroxyl groups is 1. The van der Waals surface area contributed by atoms with Crippen LogP contribution in [0.25, 0.3) is 0 Å². The number of ether oxygens (including phenoxy) is 2. The number of piperidine rings is 1. The summed E-state index contributed by atoms with van der Waals surface area (Å²) in [6.45, 7) is 1.40. The molecule has 4 aliphatic rings. The molecule has 5 heteroatoms. The Bertz CT molecular complexity index is 1010. The van der Waals surface area contributed by atoms with Crippen LogP contribution in [0.1, 0.15) is 36.0 Å². The smallest absolute Gasteiger partial charge is 0.174 e. The van der Waals surface area contributed by atoms with Gasteiger partial charge >= 0.3 is 0 Å². The van der Waals surface area contributed by atoms with E-state index in [9.17, 15) is 9.90 Å². The van der Waals surface area contributed by atoms with E-state index in [1.807, 2.05) is 24.3 Å². The fraction of sp³-hybridized carbons (Fsp3) is 0.458. The van der Waals surface area contributed by atoms with Crippen molar-refractivity contribution in [1.29, 1.82) is 0 Å². The zero-order chi connectivity index (χ0) is 19.8. The molecule has 29 heavy (non-hydrogen) atoms. The van der Waals surface area contributed by atoms with Crippen LogP contribution < -0.4 is 4.74 Å². The van der Waals surface area contributed by atoms with Gasteiger partial charge < -0.3 is 19.5 Å². The Morgan fingerprint density at radius 2 is 2.03 bits per heavy atom. The normalized spacial score (nSPS) is 34.6. The minimum absolute atomic E-state index is 0.134. The molecule has 6 rings (SSSR count). The summed E-state index contributed by atoms with van der Waals surface area (Å²) in [4.78, 5) is 15.5. The average Bonchev–Trinajstić information content (AvgIpc) is 3.10. The van der Waals surface area contributed by atoms with Gasteiger partial charge in [0.15, 0.2) is 23.4 Å². The van der Waals surface area contributed by atoms with Crippen LogP contribution in [0, 0.1) is 0 Å². The Morgan fingerprint density at radius 1 is 1.21 bits per heavy atom. The van der Waals surface area contributed by atoms with Crippen molar-refractivity contribution in [2.24, 2.45) is 0 Å². The molecule has 1 N–H and O–H groups in total. The standard InChI is InChI=1S/C24H25NO4/c1-25-12-11-23-20-16-7-8-17(26)21(20)29-22(23)18(27)9-10-24(23,19(25)13-16)28-14-15-5-3-2-4-6-15/h2-8,19,22,26H,9-14H2,1H3/t19?,22-,23-,24?/m0/s1. The van der Waals surface area contributed by atoms with Crippen molar-refractivity contribution in [3.05, 3.63) is 59.2 Å². The van der Waals surface area contributed by atoms with Crippen LogP contribution in [0.5, 0.6) is 11.5 Å². The van der Waals surface area contributed by atoms with E-state index in [1.165, 1.54) is 5.56 Å². The number of benzene rings is 2. The molecule has 1 spiro atoms. The van der Waals surface area contributed by atoms with Gasteiger partial charge in [0.2, 0.25) is 0 Å². The summed E-state index contributed by atoms with van der Waals surface area (Å²) in [5.41, 5.74) is 2.34. The van der Waals surface area contributed by atoms with E-state index in [2.05, 4.69) is 24.1 Å². The summed E-state index contributed by atoms with van der Waals surface area (Å²) < 4.78 is 13.1. The predicted octanol–water partition coefficient (Wildman–Crippen LogP) is 2.97. The fourth-order valence-corrected chi connectivity index (χ4v) is 6.59. The molecule has 4 atom stereocenters. The van der Waals surface area contributed by atoms with Crippen LogP contribution >= 0.6 is 0 Å². The van der Waals surface area contributed by atoms with Crippen molar-refractivity contribution in [2.75, 3.05) is 13.6 Å². The van der Waals surface area contributed by atoms with Gasteiger partial charge in [0, 0.05) is 18.0 Å². The second-order valence-corrected chi connectivity index (χ2v) is 9.00. The molecule has 2 bridgehead atoms. The van der Waals surface area contributed by atoms with Gasteiger partial charge in [0.25, 0.3) is 0 Å². The molecule has 2 fully saturated rings. The van der Waals surface area contributed by atoms with Gasteiger partial charge in [-0.1, -0.05) is 36.4 Å². The third-order valence-electron chi connectivity index (χ3n) is 7.82. The molecule has 1 saturated carbocycles. The average molecular weight is 391 g/mol. The highest BCUT2D eigenvalue weighted by Crippen LogP contribution is 2.65. The first-order valence-electron chi connectivity index (χ1n) is 10.5. The van der Waals surface area contributed by atoms with Crippen molar-refractivity contribution >= 4 is 5.78 Å². The van der Waals surface area contributed by atoms with Crippen LogP contribution in [0.15, 0.2) is 42.5 Å². The van der Waals surface area contributed by atoms with Crippen LogP contribution in [0.3, 0.4) is 0 Å². The minimum Gasteiger partial charge on any atom is -0.504 e. The second kappa shape index (κ2) is 5.83. The zero-order valence-corrected chi connectivity index (χ0v) is 16.6. The van der Waals surface area contributed by atoms with Gasteiger partial charge in [0.05, 0.1) is 17.6 Å². The number of likely N-dealkylation sites (tertiary alicyclic amines) is 1. The summed E-state index contributed by atoms with van der Waals surface area (Å²) in [6, 6.07) is 14.1. The number of phenolic OH excluding ortho intramolecular Hbond substituents is 1. The summed E-state index contributed by atoms with van der Waals surface area (Å²) in [5, 5.41) is 10.5. The monoisotopic (exact) mass is 391 g/mol. The quantitative estimate of drug-likeness (QED) is 0.872. The van der Waals surface area contributed by atoms with Crippen LogP contribution in [-0.4, -0.2) is 47.1 Å². The van der Waals surface area contributed by atoms with Crippen molar-refractivity contribution in [3.8, 4) is 11.5 Å². The lowest BCUT2D eigenvalue weighted by Gasteiger charge is -2.64. The van der Waals surface area contributed by atoms with E-state index >= 15 is 0 Å². The predicted molar refractivity (Wildman–Crippen MR) is 107 cm³/mol. The Labute approximate surface area is 170 Å². The number of carbonyl (C=O) groups excluding carboxylic acids is 1. The third kappa shape index (κ3) is 2.05. The first-order chi connectivity index (χ1) is 14.1. The molecule has 2 aliphatic heterocycles. The number of hydrogen-bond donors (Lipinski definition) is 1. The molecular formula is C24H25NO4. The Morgan fingerprint density at radius 3 is 2.86 bits per heavy atom. The number of ketones is 1. The number of rotatable bonds is 3. The number of carbonyl (C=O) groups is 1. The molecule has 5 nitrogen and oxygen atoms in total. The number of nitrogens with zero attached hydrogens (tertiary/aromatic N) is 1. The molecule has 0 radical (unpaired) electrons. The summed E-state index contributed by atoms with van der Waals surface area (Å²) in [5.74, 6) is 0.781. The van der Waals surface area contributed by atoms with E-state index in [4.69, 9.17) is 9.47 Å². The van der Waals surface area contributed by atoms with E-state index in [-0.39, 0.29) is 17.6 Å². The minimum atomic E-state index is -0.564. The number of phenols is 1. The number of likely N-dealkylation sites (N-methyl/N-ethyl adjacent to an activating group) is 1. The lowest BCUT2D eigenvalue weighted by molar-refractivity contribution is -0.215. The van der Waals surface area contributed by atoms with E-state index in [1.54, 1.807) is 6.07 Å². The Balaban J connectivity index is 1.55. The molecular weight excluding hydrogens is 366 g/mol. The lowest BCUT2D eigenvalue weighted by atomic mass is 9.49. The highest BCUT2D eigenvalue weighted by Gasteiger charge is 2.73. The van der Waals surface area contributed by atoms with Crippen LogP contribution in [0.4, 0.5) is 0 Å².